The van der Waals surface area contributed by atoms with E-state index in [4.69, 9.17) is 11.2 Å². The fourth-order valence-electron chi connectivity index (χ4n) is 4.06. The van der Waals surface area contributed by atoms with Gasteiger partial charge in [-0.25, -0.2) is 14.4 Å². The summed E-state index contributed by atoms with van der Waals surface area (Å²) in [5, 5.41) is 3.01. The van der Waals surface area contributed by atoms with Gasteiger partial charge in [-0.05, 0) is 54.2 Å². The maximum Gasteiger partial charge on any atom is 0.213 e. The number of nitrogens with zero attached hydrogens (tertiary/aromatic N) is 3. The van der Waals surface area contributed by atoms with Crippen molar-refractivity contribution in [1.29, 1.82) is 0 Å². The van der Waals surface area contributed by atoms with Gasteiger partial charge in [0.05, 0.1) is 24.6 Å². The molecule has 7 heteroatoms. The Morgan fingerprint density at radius 3 is 2.60 bits per heavy atom. The molecular formula is C28H28F2N4O. The van der Waals surface area contributed by atoms with Crippen LogP contribution in [0, 0.1) is 31.0 Å². The normalized spacial score (nSPS) is 13.6. The zero-order valence-electron chi connectivity index (χ0n) is 20.2. The largest absolute Gasteiger partial charge is 0.378 e. The number of anilines is 2. The molecule has 5 nitrogen and oxygen atoms in total. The van der Waals surface area contributed by atoms with E-state index in [2.05, 4.69) is 32.7 Å². The van der Waals surface area contributed by atoms with E-state index < -0.39 is 11.8 Å². The van der Waals surface area contributed by atoms with Gasteiger partial charge in [-0.2, -0.15) is 4.39 Å². The topological polar surface area (TPSA) is 50.3 Å². The summed E-state index contributed by atoms with van der Waals surface area (Å²) in [4.78, 5) is 10.6. The fraction of sp³-hybridized carbons (Fsp3) is 0.286. The lowest BCUT2D eigenvalue weighted by Crippen LogP contribution is -2.36. The SMILES string of the molecule is C#Cc1ncc(-c2cc(NC(=C)c3cc(F)nc(C(C)C)c3)c(F)cc2C)cc1N1CCOCC1. The van der Waals surface area contributed by atoms with Crippen molar-refractivity contribution in [3.63, 3.8) is 0 Å². The standard InChI is InChI=1S/C28H28F2N4O/c1-6-24-27(34-7-9-35-10-8-34)13-21(16-31-24)22-15-26(23(29)11-18(22)4)32-19(5)20-12-25(17(2)3)33-28(30)14-20/h1,11-17,32H,5,7-10H2,2-4H3. The van der Waals surface area contributed by atoms with Crippen molar-refractivity contribution >= 4 is 17.1 Å². The minimum atomic E-state index is -0.602. The van der Waals surface area contributed by atoms with Crippen LogP contribution >= 0.6 is 0 Å². The first-order valence-corrected chi connectivity index (χ1v) is 11.5. The zero-order chi connectivity index (χ0) is 25.1. The van der Waals surface area contributed by atoms with Gasteiger partial charge < -0.3 is 15.0 Å². The molecule has 3 aromatic rings. The van der Waals surface area contributed by atoms with Gasteiger partial charge in [0.2, 0.25) is 5.95 Å². The Morgan fingerprint density at radius 2 is 1.91 bits per heavy atom. The Hall–Kier alpha value is -3.76. The minimum Gasteiger partial charge on any atom is -0.378 e. The summed E-state index contributed by atoms with van der Waals surface area (Å²) in [5.74, 6) is 1.66. The quantitative estimate of drug-likeness (QED) is 0.364. The predicted molar refractivity (Wildman–Crippen MR) is 136 cm³/mol. The lowest BCUT2D eigenvalue weighted by Gasteiger charge is -2.29. The van der Waals surface area contributed by atoms with Crippen LogP contribution in [0.3, 0.4) is 0 Å². The maximum absolute atomic E-state index is 14.9. The van der Waals surface area contributed by atoms with Crippen LogP contribution in [-0.2, 0) is 4.74 Å². The molecule has 1 fully saturated rings. The third-order valence-electron chi connectivity index (χ3n) is 6.02. The summed E-state index contributed by atoms with van der Waals surface area (Å²) in [6.07, 6.45) is 7.40. The predicted octanol–water partition coefficient (Wildman–Crippen LogP) is 5.75. The third kappa shape index (κ3) is 5.33. The van der Waals surface area contributed by atoms with Crippen LogP contribution in [-0.4, -0.2) is 36.3 Å². The Balaban J connectivity index is 1.69. The Kier molecular flexibility index (Phi) is 7.13. The van der Waals surface area contributed by atoms with Gasteiger partial charge in [-0.3, -0.25) is 0 Å². The molecule has 1 aliphatic rings. The van der Waals surface area contributed by atoms with Gasteiger partial charge in [-0.15, -0.1) is 6.42 Å². The summed E-state index contributed by atoms with van der Waals surface area (Å²) in [5.41, 5.74) is 5.49. The smallest absolute Gasteiger partial charge is 0.213 e. The number of hydrogen-bond acceptors (Lipinski definition) is 5. The van der Waals surface area contributed by atoms with Gasteiger partial charge >= 0.3 is 0 Å². The number of benzene rings is 1. The molecule has 0 bridgehead atoms. The molecule has 0 unspecified atom stereocenters. The molecule has 0 amide bonds. The number of terminal acetylenes is 1. The van der Waals surface area contributed by atoms with Crippen molar-refractivity contribution in [1.82, 2.24) is 9.97 Å². The lowest BCUT2D eigenvalue weighted by molar-refractivity contribution is 0.122. The van der Waals surface area contributed by atoms with Crippen molar-refractivity contribution in [2.75, 3.05) is 36.5 Å². The first kappa shape index (κ1) is 24.4. The zero-order valence-corrected chi connectivity index (χ0v) is 20.2. The number of rotatable bonds is 6. The number of hydrogen-bond donors (Lipinski definition) is 1. The van der Waals surface area contributed by atoms with E-state index in [1.165, 1.54) is 12.1 Å². The molecule has 1 aromatic carbocycles. The molecule has 0 radical (unpaired) electrons. The average Bonchev–Trinajstić information content (AvgIpc) is 2.85. The molecule has 0 spiro atoms. The summed E-state index contributed by atoms with van der Waals surface area (Å²) in [7, 11) is 0. The van der Waals surface area contributed by atoms with Gasteiger partial charge in [0.1, 0.15) is 11.5 Å². The first-order valence-electron chi connectivity index (χ1n) is 11.5. The molecule has 35 heavy (non-hydrogen) atoms. The monoisotopic (exact) mass is 474 g/mol. The number of halogens is 2. The van der Waals surface area contributed by atoms with E-state index in [0.29, 0.717) is 35.9 Å². The number of nitrogens with one attached hydrogen (secondary N) is 1. The number of aryl methyl sites for hydroxylation is 1. The second-order valence-electron chi connectivity index (χ2n) is 8.84. The van der Waals surface area contributed by atoms with Gasteiger partial charge in [0, 0.05) is 47.9 Å². The van der Waals surface area contributed by atoms with Crippen LogP contribution in [0.15, 0.2) is 43.1 Å². The lowest BCUT2D eigenvalue weighted by atomic mass is 9.99. The van der Waals surface area contributed by atoms with Crippen LogP contribution in [0.4, 0.5) is 20.2 Å². The molecule has 0 atom stereocenters. The maximum atomic E-state index is 14.9. The van der Waals surface area contributed by atoms with Gasteiger partial charge in [-0.1, -0.05) is 20.4 Å². The van der Waals surface area contributed by atoms with E-state index in [-0.39, 0.29) is 11.6 Å². The molecule has 0 aliphatic carbocycles. The third-order valence-corrected chi connectivity index (χ3v) is 6.02. The molecule has 3 heterocycles. The summed E-state index contributed by atoms with van der Waals surface area (Å²) >= 11 is 0. The molecule has 1 saturated heterocycles. The second kappa shape index (κ2) is 10.2. The van der Waals surface area contributed by atoms with Crippen molar-refractivity contribution in [2.45, 2.75) is 26.7 Å². The fourth-order valence-corrected chi connectivity index (χ4v) is 4.06. The number of ether oxygens (including phenoxy) is 1. The Morgan fingerprint density at radius 1 is 1.17 bits per heavy atom. The molecule has 180 valence electrons. The molecule has 4 rings (SSSR count). The Labute approximate surface area is 204 Å². The van der Waals surface area contributed by atoms with Gasteiger partial charge in [0.25, 0.3) is 0 Å². The highest BCUT2D eigenvalue weighted by Crippen LogP contribution is 2.33. The van der Waals surface area contributed by atoms with Crippen molar-refractivity contribution in [3.05, 3.63) is 77.4 Å². The van der Waals surface area contributed by atoms with Gasteiger partial charge in [0.15, 0.2) is 0 Å². The van der Waals surface area contributed by atoms with Crippen molar-refractivity contribution < 1.29 is 13.5 Å². The minimum absolute atomic E-state index is 0.0408. The molecule has 0 saturated carbocycles. The highest BCUT2D eigenvalue weighted by Gasteiger charge is 2.18. The highest BCUT2D eigenvalue weighted by atomic mass is 19.1. The molecule has 1 N–H and O–H groups in total. The highest BCUT2D eigenvalue weighted by molar-refractivity contribution is 5.80. The average molecular weight is 475 g/mol. The van der Waals surface area contributed by atoms with Crippen LogP contribution in [0.1, 0.15) is 42.3 Å². The van der Waals surface area contributed by atoms with Crippen molar-refractivity contribution in [2.24, 2.45) is 0 Å². The summed E-state index contributed by atoms with van der Waals surface area (Å²) in [6.45, 7) is 12.4. The van der Waals surface area contributed by atoms with Crippen LogP contribution in [0.25, 0.3) is 16.8 Å². The number of aromatic nitrogens is 2. The van der Waals surface area contributed by atoms with E-state index in [0.717, 1.165) is 35.5 Å². The van der Waals surface area contributed by atoms with Crippen LogP contribution < -0.4 is 10.2 Å². The van der Waals surface area contributed by atoms with Crippen LogP contribution in [0.2, 0.25) is 0 Å². The van der Waals surface area contributed by atoms with E-state index in [1.54, 1.807) is 18.3 Å². The summed E-state index contributed by atoms with van der Waals surface area (Å²) in [6, 6.07) is 8.20. The van der Waals surface area contributed by atoms with E-state index >= 15 is 0 Å². The molecular weight excluding hydrogens is 446 g/mol. The van der Waals surface area contributed by atoms with E-state index in [1.807, 2.05) is 26.8 Å². The molecule has 2 aromatic heterocycles. The Bertz CT molecular complexity index is 1310. The van der Waals surface area contributed by atoms with Crippen LogP contribution in [0.5, 0.6) is 0 Å². The summed E-state index contributed by atoms with van der Waals surface area (Å²) < 4.78 is 34.5. The second-order valence-corrected chi connectivity index (χ2v) is 8.84. The number of pyridine rings is 2. The van der Waals surface area contributed by atoms with Crippen molar-refractivity contribution in [3.8, 4) is 23.5 Å². The number of morpholine rings is 1. The molecule has 1 aliphatic heterocycles. The first-order chi connectivity index (χ1) is 16.8. The van der Waals surface area contributed by atoms with E-state index in [9.17, 15) is 8.78 Å².